The van der Waals surface area contributed by atoms with Crippen LogP contribution in [0.25, 0.3) is 0 Å². The molecule has 0 aliphatic rings. The zero-order valence-electron chi connectivity index (χ0n) is 15.8. The topological polar surface area (TPSA) is 52.3 Å². The Morgan fingerprint density at radius 2 is 1.55 bits per heavy atom. The molecule has 0 atom stereocenters. The Kier molecular flexibility index (Phi) is 6.34. The van der Waals surface area contributed by atoms with Gasteiger partial charge in [-0.15, -0.1) is 10.2 Å². The molecule has 1 heterocycles. The first-order chi connectivity index (χ1) is 14.4. The number of aromatic nitrogens is 3. The Balaban J connectivity index is 1.44. The largest absolute Gasteiger partial charge is 0.488 e. The third kappa shape index (κ3) is 5.33. The molecule has 5 nitrogen and oxygen atoms in total. The van der Waals surface area contributed by atoms with Crippen LogP contribution in [0.3, 0.4) is 0 Å². The first-order valence-corrected chi connectivity index (χ1v) is 10.2. The maximum absolute atomic E-state index is 5.99. The SMILES string of the molecule is C(=N\n1cnnc1SCc1ccccc1)/c1ccccc1OCc1ccccc1. The van der Waals surface area contributed by atoms with Crippen molar-refractivity contribution in [3.05, 3.63) is 108 Å². The van der Waals surface area contributed by atoms with Gasteiger partial charge < -0.3 is 4.74 Å². The van der Waals surface area contributed by atoms with Crippen LogP contribution >= 0.6 is 11.8 Å². The lowest BCUT2D eigenvalue weighted by Crippen LogP contribution is -1.99. The molecule has 0 spiro atoms. The van der Waals surface area contributed by atoms with Crippen molar-refractivity contribution in [3.63, 3.8) is 0 Å². The molecule has 1 aromatic heterocycles. The van der Waals surface area contributed by atoms with E-state index in [2.05, 4.69) is 27.4 Å². The second-order valence-corrected chi connectivity index (χ2v) is 7.23. The molecule has 4 rings (SSSR count). The lowest BCUT2D eigenvalue weighted by Gasteiger charge is -2.09. The fourth-order valence-corrected chi connectivity index (χ4v) is 3.51. The molecule has 0 saturated carbocycles. The second kappa shape index (κ2) is 9.71. The molecule has 0 bridgehead atoms. The van der Waals surface area contributed by atoms with E-state index in [1.165, 1.54) is 5.56 Å². The molecule has 3 aromatic carbocycles. The van der Waals surface area contributed by atoms with E-state index in [4.69, 9.17) is 4.74 Å². The Labute approximate surface area is 174 Å². The van der Waals surface area contributed by atoms with E-state index in [1.807, 2.05) is 72.8 Å². The minimum absolute atomic E-state index is 0.510. The van der Waals surface area contributed by atoms with Gasteiger partial charge in [0.25, 0.3) is 0 Å². The van der Waals surface area contributed by atoms with Gasteiger partial charge in [0.1, 0.15) is 18.7 Å². The van der Waals surface area contributed by atoms with Crippen LogP contribution in [-0.4, -0.2) is 21.1 Å². The maximum Gasteiger partial charge on any atom is 0.212 e. The van der Waals surface area contributed by atoms with Crippen LogP contribution in [0.15, 0.2) is 102 Å². The molecule has 0 aliphatic heterocycles. The number of rotatable bonds is 8. The Hall–Kier alpha value is -3.38. The van der Waals surface area contributed by atoms with Crippen LogP contribution in [0, 0.1) is 0 Å². The predicted molar refractivity (Wildman–Crippen MR) is 116 cm³/mol. The normalized spacial score (nSPS) is 11.0. The van der Waals surface area contributed by atoms with Crippen LogP contribution in [-0.2, 0) is 12.4 Å². The van der Waals surface area contributed by atoms with Crippen molar-refractivity contribution >= 4 is 18.0 Å². The first-order valence-electron chi connectivity index (χ1n) is 9.25. The summed E-state index contributed by atoms with van der Waals surface area (Å²) >= 11 is 1.60. The van der Waals surface area contributed by atoms with Gasteiger partial charge in [0.2, 0.25) is 5.16 Å². The Morgan fingerprint density at radius 1 is 0.862 bits per heavy atom. The molecule has 0 unspecified atom stereocenters. The molecule has 29 heavy (non-hydrogen) atoms. The summed E-state index contributed by atoms with van der Waals surface area (Å²) < 4.78 is 7.67. The summed E-state index contributed by atoms with van der Waals surface area (Å²) in [6, 6.07) is 28.2. The highest BCUT2D eigenvalue weighted by molar-refractivity contribution is 7.98. The van der Waals surface area contributed by atoms with E-state index >= 15 is 0 Å². The highest BCUT2D eigenvalue weighted by atomic mass is 32.2. The molecule has 0 amide bonds. The number of ether oxygens (including phenoxy) is 1. The van der Waals surface area contributed by atoms with Crippen LogP contribution < -0.4 is 4.74 Å². The maximum atomic E-state index is 5.99. The van der Waals surface area contributed by atoms with E-state index in [9.17, 15) is 0 Å². The number of thioether (sulfide) groups is 1. The molecule has 0 fully saturated rings. The van der Waals surface area contributed by atoms with Gasteiger partial charge in [-0.1, -0.05) is 84.6 Å². The van der Waals surface area contributed by atoms with Crippen molar-refractivity contribution < 1.29 is 4.74 Å². The minimum atomic E-state index is 0.510. The highest BCUT2D eigenvalue weighted by Crippen LogP contribution is 2.21. The predicted octanol–water partition coefficient (Wildman–Crippen LogP) is 5.03. The Bertz CT molecular complexity index is 1060. The summed E-state index contributed by atoms with van der Waals surface area (Å²) in [5.41, 5.74) is 3.25. The second-order valence-electron chi connectivity index (χ2n) is 6.29. The fourth-order valence-electron chi connectivity index (χ4n) is 2.69. The van der Waals surface area contributed by atoms with Crippen molar-refractivity contribution in [2.24, 2.45) is 5.10 Å². The van der Waals surface area contributed by atoms with Gasteiger partial charge in [-0.2, -0.15) is 9.78 Å². The first kappa shape index (κ1) is 19.0. The zero-order chi connectivity index (χ0) is 19.7. The summed E-state index contributed by atoms with van der Waals surface area (Å²) in [7, 11) is 0. The van der Waals surface area contributed by atoms with Gasteiger partial charge >= 0.3 is 0 Å². The molecular formula is C23H20N4OS. The summed E-state index contributed by atoms with van der Waals surface area (Å²) in [6.45, 7) is 0.510. The van der Waals surface area contributed by atoms with Crippen molar-refractivity contribution in [3.8, 4) is 5.75 Å². The van der Waals surface area contributed by atoms with E-state index < -0.39 is 0 Å². The monoisotopic (exact) mass is 400 g/mol. The molecular weight excluding hydrogens is 380 g/mol. The number of para-hydroxylation sites is 1. The summed E-state index contributed by atoms with van der Waals surface area (Å²) in [6.07, 6.45) is 3.38. The molecule has 6 heteroatoms. The number of benzene rings is 3. The van der Waals surface area contributed by atoms with Gasteiger partial charge in [-0.25, -0.2) is 0 Å². The van der Waals surface area contributed by atoms with Crippen molar-refractivity contribution in [1.82, 2.24) is 14.9 Å². The van der Waals surface area contributed by atoms with E-state index in [0.29, 0.717) is 6.61 Å². The molecule has 144 valence electrons. The number of hydrogen-bond acceptors (Lipinski definition) is 5. The number of hydrogen-bond donors (Lipinski definition) is 0. The van der Waals surface area contributed by atoms with Crippen molar-refractivity contribution in [2.75, 3.05) is 0 Å². The average Bonchev–Trinajstić information content (AvgIpc) is 3.24. The van der Waals surface area contributed by atoms with Gasteiger partial charge in [0, 0.05) is 11.3 Å². The fraction of sp³-hybridized carbons (Fsp3) is 0.0870. The van der Waals surface area contributed by atoms with Crippen LogP contribution in [0.5, 0.6) is 5.75 Å². The third-order valence-electron chi connectivity index (χ3n) is 4.19. The van der Waals surface area contributed by atoms with Crippen LogP contribution in [0.4, 0.5) is 0 Å². The lowest BCUT2D eigenvalue weighted by atomic mass is 10.2. The minimum Gasteiger partial charge on any atom is -0.488 e. The third-order valence-corrected chi connectivity index (χ3v) is 5.19. The van der Waals surface area contributed by atoms with Crippen molar-refractivity contribution in [1.29, 1.82) is 0 Å². The van der Waals surface area contributed by atoms with Gasteiger partial charge in [-0.05, 0) is 23.3 Å². The van der Waals surface area contributed by atoms with E-state index in [0.717, 1.165) is 27.8 Å². The standard InChI is InChI=1S/C23H20N4OS/c1-3-9-19(10-4-1)16-28-22-14-8-7-13-21(22)15-25-27-18-24-26-23(27)29-17-20-11-5-2-6-12-20/h1-15,18H,16-17H2/b25-15+. The van der Waals surface area contributed by atoms with Crippen LogP contribution in [0.2, 0.25) is 0 Å². The Morgan fingerprint density at radius 3 is 2.34 bits per heavy atom. The quantitative estimate of drug-likeness (QED) is 0.307. The van der Waals surface area contributed by atoms with Crippen molar-refractivity contribution in [2.45, 2.75) is 17.5 Å². The highest BCUT2D eigenvalue weighted by Gasteiger charge is 2.06. The molecule has 4 aromatic rings. The number of nitrogens with zero attached hydrogens (tertiary/aromatic N) is 4. The molecule has 0 saturated heterocycles. The molecule has 0 radical (unpaired) electrons. The molecule has 0 aliphatic carbocycles. The smallest absolute Gasteiger partial charge is 0.212 e. The van der Waals surface area contributed by atoms with Gasteiger partial charge in [-0.3, -0.25) is 0 Å². The van der Waals surface area contributed by atoms with Crippen LogP contribution in [0.1, 0.15) is 16.7 Å². The van der Waals surface area contributed by atoms with E-state index in [1.54, 1.807) is 29.0 Å². The lowest BCUT2D eigenvalue weighted by molar-refractivity contribution is 0.306. The summed E-state index contributed by atoms with van der Waals surface area (Å²) in [5, 5.41) is 13.4. The van der Waals surface area contributed by atoms with Gasteiger partial charge in [0.05, 0.1) is 6.21 Å². The summed E-state index contributed by atoms with van der Waals surface area (Å²) in [4.78, 5) is 0. The van der Waals surface area contributed by atoms with E-state index in [-0.39, 0.29) is 0 Å². The summed E-state index contributed by atoms with van der Waals surface area (Å²) in [5.74, 6) is 1.60. The zero-order valence-corrected chi connectivity index (χ0v) is 16.6. The molecule has 0 N–H and O–H groups in total. The average molecular weight is 401 g/mol. The van der Waals surface area contributed by atoms with Gasteiger partial charge in [0.15, 0.2) is 0 Å².